The van der Waals surface area contributed by atoms with Gasteiger partial charge in [-0.2, -0.15) is 5.10 Å². The molecule has 0 spiro atoms. The third-order valence-electron chi connectivity index (χ3n) is 5.41. The maximum absolute atomic E-state index is 10.2. The van der Waals surface area contributed by atoms with Crippen molar-refractivity contribution >= 4 is 53.3 Å². The van der Waals surface area contributed by atoms with Crippen molar-refractivity contribution in [3.63, 3.8) is 0 Å². The number of aryl methyl sites for hydroxylation is 2. The maximum atomic E-state index is 10.2. The molecule has 0 bridgehead atoms. The summed E-state index contributed by atoms with van der Waals surface area (Å²) in [6, 6.07) is 8.02. The summed E-state index contributed by atoms with van der Waals surface area (Å²) in [4.78, 5) is 9.93. The Hall–Kier alpha value is -2.51. The zero-order valence-corrected chi connectivity index (χ0v) is 18.3. The van der Waals surface area contributed by atoms with Crippen LogP contribution < -0.4 is 5.32 Å². The summed E-state index contributed by atoms with van der Waals surface area (Å²) < 4.78 is 0.978. The van der Waals surface area contributed by atoms with E-state index in [1.54, 1.807) is 31.5 Å². The highest BCUT2D eigenvalue weighted by molar-refractivity contribution is 7.26. The smallest absolute Gasteiger partial charge is 0.149 e. The van der Waals surface area contributed by atoms with Crippen LogP contribution in [-0.2, 0) is 10.9 Å². The van der Waals surface area contributed by atoms with Gasteiger partial charge in [0.25, 0.3) is 0 Å². The second-order valence-electron chi connectivity index (χ2n) is 8.48. The van der Waals surface area contributed by atoms with Gasteiger partial charge in [0.15, 0.2) is 0 Å². The molecule has 3 heterocycles. The molecule has 3 aromatic heterocycles. The number of nitrogens with zero attached hydrogens (tertiary/aromatic N) is 4. The van der Waals surface area contributed by atoms with Crippen molar-refractivity contribution < 1.29 is 5.11 Å². The summed E-state index contributed by atoms with van der Waals surface area (Å²) in [6.07, 6.45) is 1.60. The number of aromatic nitrogens is 4. The Labute approximate surface area is 175 Å². The molecule has 0 aliphatic carbocycles. The largest absolute Gasteiger partial charge is 0.386 e. The first-order chi connectivity index (χ1) is 13.6. The minimum Gasteiger partial charge on any atom is -0.386 e. The van der Waals surface area contributed by atoms with Crippen molar-refractivity contribution in [1.82, 2.24) is 20.2 Å². The predicted molar refractivity (Wildman–Crippen MR) is 124 cm³/mol. The molecule has 6 nitrogen and oxygen atoms in total. The lowest BCUT2D eigenvalue weighted by Crippen LogP contribution is -2.36. The van der Waals surface area contributed by atoms with E-state index in [9.17, 15) is 5.11 Å². The molecule has 0 radical (unpaired) electrons. The normalized spacial score (nSPS) is 12.6. The van der Waals surface area contributed by atoms with Crippen molar-refractivity contribution in [1.29, 1.82) is 0 Å². The van der Waals surface area contributed by atoms with Crippen molar-refractivity contribution in [2.24, 2.45) is 0 Å². The minimum absolute atomic E-state index is 0.369. The van der Waals surface area contributed by atoms with Crippen molar-refractivity contribution in [3.8, 4) is 0 Å². The van der Waals surface area contributed by atoms with E-state index >= 15 is 0 Å². The first-order valence-electron chi connectivity index (χ1n) is 9.56. The van der Waals surface area contributed by atoms with Crippen molar-refractivity contribution in [2.45, 2.75) is 38.6 Å². The highest BCUT2D eigenvalue weighted by Gasteiger charge is 2.25. The van der Waals surface area contributed by atoms with E-state index < -0.39 is 5.60 Å². The van der Waals surface area contributed by atoms with Crippen LogP contribution in [0.5, 0.6) is 0 Å². The van der Waals surface area contributed by atoms with E-state index in [4.69, 9.17) is 0 Å². The fourth-order valence-electron chi connectivity index (χ4n) is 3.43. The van der Waals surface area contributed by atoms with Gasteiger partial charge in [0.05, 0.1) is 21.5 Å². The summed E-state index contributed by atoms with van der Waals surface area (Å²) in [5, 5.41) is 23.1. The number of rotatable bonds is 4. The molecule has 0 unspecified atom stereocenters. The van der Waals surface area contributed by atoms with Crippen LogP contribution in [0.4, 0.5) is 5.82 Å². The summed E-state index contributed by atoms with van der Waals surface area (Å²) in [5.41, 5.74) is 4.06. The molecule has 0 aliphatic heterocycles. The van der Waals surface area contributed by atoms with Crippen LogP contribution in [0.1, 0.15) is 36.2 Å². The van der Waals surface area contributed by atoms with Crippen LogP contribution in [0.3, 0.4) is 0 Å². The Morgan fingerprint density at radius 2 is 1.66 bits per heavy atom. The lowest BCUT2D eigenvalue weighted by atomic mass is 9.58. The summed E-state index contributed by atoms with van der Waals surface area (Å²) in [6.45, 7) is 7.60. The average Bonchev–Trinajstić information content (AvgIpc) is 3.04. The number of hydrogen-bond acceptors (Lipinski definition) is 7. The third kappa shape index (κ3) is 3.49. The second kappa shape index (κ2) is 6.78. The van der Waals surface area contributed by atoms with Gasteiger partial charge >= 0.3 is 0 Å². The molecule has 146 valence electrons. The standard InChI is InChI=1S/C20H23B2N5OS/c1-10-11(2)26-27-18-14(10)15-16(29-18)17(24-9-23-15)25-20(21,22)13-7-5-12(6-8-13)19(3,4)28/h5-9,28H,21-22H2,1-4H3,(H,23,24,25). The Bertz CT molecular complexity index is 1220. The number of hydrogen-bond donors (Lipinski definition) is 2. The first kappa shape index (κ1) is 19.8. The first-order valence-corrected chi connectivity index (χ1v) is 10.4. The molecule has 0 saturated carbocycles. The SMILES string of the molecule is BC(B)(Nc1ncnc2c1sc1nnc(C)c(C)c12)c1ccc(C(C)(C)O)cc1. The van der Waals surface area contributed by atoms with Gasteiger partial charge in [-0.05, 0) is 44.4 Å². The van der Waals surface area contributed by atoms with Crippen molar-refractivity contribution in [2.75, 3.05) is 5.32 Å². The lowest BCUT2D eigenvalue weighted by Gasteiger charge is -2.29. The maximum Gasteiger partial charge on any atom is 0.149 e. The molecule has 2 N–H and O–H groups in total. The monoisotopic (exact) mass is 403 g/mol. The lowest BCUT2D eigenvalue weighted by molar-refractivity contribution is 0.0786. The van der Waals surface area contributed by atoms with Gasteiger partial charge < -0.3 is 10.4 Å². The number of anilines is 1. The molecular weight excluding hydrogens is 380 g/mol. The molecule has 9 heteroatoms. The topological polar surface area (TPSA) is 83.8 Å². The van der Waals surface area contributed by atoms with Gasteiger partial charge in [0, 0.05) is 10.7 Å². The van der Waals surface area contributed by atoms with E-state index in [0.29, 0.717) is 0 Å². The molecule has 0 fully saturated rings. The fourth-order valence-corrected chi connectivity index (χ4v) is 4.51. The molecule has 1 aromatic carbocycles. The average molecular weight is 403 g/mol. The van der Waals surface area contributed by atoms with E-state index in [2.05, 4.69) is 48.1 Å². The van der Waals surface area contributed by atoms with Gasteiger partial charge in [-0.25, -0.2) is 9.97 Å². The Kier molecular flexibility index (Phi) is 4.63. The molecule has 0 aliphatic rings. The molecule has 0 amide bonds. The Morgan fingerprint density at radius 3 is 2.31 bits per heavy atom. The van der Waals surface area contributed by atoms with Gasteiger partial charge in [-0.1, -0.05) is 24.3 Å². The van der Waals surface area contributed by atoms with Crippen LogP contribution in [0.2, 0.25) is 0 Å². The Morgan fingerprint density at radius 1 is 1.00 bits per heavy atom. The highest BCUT2D eigenvalue weighted by atomic mass is 32.1. The van der Waals surface area contributed by atoms with Gasteiger partial charge in [0.1, 0.15) is 32.7 Å². The second-order valence-corrected chi connectivity index (χ2v) is 9.48. The van der Waals surface area contributed by atoms with E-state index in [1.807, 2.05) is 31.2 Å². The zero-order valence-electron chi connectivity index (χ0n) is 17.5. The van der Waals surface area contributed by atoms with E-state index in [0.717, 1.165) is 48.6 Å². The van der Waals surface area contributed by atoms with Crippen LogP contribution in [0.15, 0.2) is 30.6 Å². The van der Waals surface area contributed by atoms with Crippen LogP contribution in [0.25, 0.3) is 20.4 Å². The van der Waals surface area contributed by atoms with Gasteiger partial charge in [-0.15, -0.1) is 16.4 Å². The number of thiophene rings is 1. The number of aliphatic hydroxyl groups is 1. The van der Waals surface area contributed by atoms with E-state index in [1.165, 1.54) is 0 Å². The van der Waals surface area contributed by atoms with Crippen LogP contribution in [-0.4, -0.2) is 41.0 Å². The highest BCUT2D eigenvalue weighted by Crippen LogP contribution is 2.37. The Balaban J connectivity index is 1.76. The molecule has 0 saturated heterocycles. The quantitative estimate of drug-likeness (QED) is 0.507. The fraction of sp³-hybridized carbons (Fsp3) is 0.300. The molecule has 4 aromatic rings. The molecular formula is C20H23B2N5OS. The van der Waals surface area contributed by atoms with Crippen LogP contribution in [0, 0.1) is 13.8 Å². The predicted octanol–water partition coefficient (Wildman–Crippen LogP) is 1.97. The minimum atomic E-state index is -0.858. The summed E-state index contributed by atoms with van der Waals surface area (Å²) in [5.74, 6) is 0.784. The van der Waals surface area contributed by atoms with Gasteiger partial charge in [0.2, 0.25) is 0 Å². The number of fused-ring (bicyclic) bond motifs is 3. The number of nitrogens with one attached hydrogen (secondary N) is 1. The third-order valence-corrected chi connectivity index (χ3v) is 6.48. The molecule has 0 atom stereocenters. The van der Waals surface area contributed by atoms with Crippen LogP contribution >= 0.6 is 11.3 Å². The number of benzene rings is 1. The molecule has 29 heavy (non-hydrogen) atoms. The van der Waals surface area contributed by atoms with Gasteiger partial charge in [-0.3, -0.25) is 0 Å². The zero-order chi connectivity index (χ0) is 21.0. The summed E-state index contributed by atoms with van der Waals surface area (Å²) in [7, 11) is 4.23. The van der Waals surface area contributed by atoms with Crippen molar-refractivity contribution in [3.05, 3.63) is 53.0 Å². The summed E-state index contributed by atoms with van der Waals surface area (Å²) >= 11 is 1.56. The molecule has 4 rings (SSSR count). The van der Waals surface area contributed by atoms with E-state index in [-0.39, 0.29) is 5.34 Å².